The van der Waals surface area contributed by atoms with Gasteiger partial charge in [-0.3, -0.25) is 14.4 Å². The van der Waals surface area contributed by atoms with Crippen molar-refractivity contribution < 1.29 is 28.6 Å². The van der Waals surface area contributed by atoms with Crippen molar-refractivity contribution in [3.8, 4) is 0 Å². The fourth-order valence-electron chi connectivity index (χ4n) is 1.27. The van der Waals surface area contributed by atoms with E-state index in [4.69, 9.17) is 14.2 Å². The first-order valence-corrected chi connectivity index (χ1v) is 5.44. The highest BCUT2D eigenvalue weighted by atomic mass is 16.6. The lowest BCUT2D eigenvalue weighted by molar-refractivity contribution is -0.171. The minimum Gasteiger partial charge on any atom is -0.465 e. The van der Waals surface area contributed by atoms with Crippen molar-refractivity contribution in [2.75, 3.05) is 13.2 Å². The number of ether oxygens (including phenoxy) is 3. The largest absolute Gasteiger partial charge is 0.465 e. The average molecular weight is 246 g/mol. The van der Waals surface area contributed by atoms with Crippen LogP contribution < -0.4 is 0 Å². The van der Waals surface area contributed by atoms with Crippen molar-refractivity contribution in [2.45, 2.75) is 33.8 Å². The zero-order chi connectivity index (χ0) is 13.4. The Hall–Kier alpha value is -1.59. The van der Waals surface area contributed by atoms with Crippen LogP contribution in [0.5, 0.6) is 0 Å². The molecule has 0 saturated carbocycles. The van der Waals surface area contributed by atoms with E-state index >= 15 is 0 Å². The van der Waals surface area contributed by atoms with Gasteiger partial charge in [0.1, 0.15) is 6.10 Å². The Bertz CT molecular complexity index is 268. The Labute approximate surface area is 100 Å². The van der Waals surface area contributed by atoms with E-state index in [1.165, 1.54) is 13.8 Å². The SMILES string of the molecule is CCOC(=O)C(C(=O)OCC)C(C)OC(C)=O. The third kappa shape index (κ3) is 5.33. The summed E-state index contributed by atoms with van der Waals surface area (Å²) >= 11 is 0. The molecule has 98 valence electrons. The first kappa shape index (κ1) is 15.4. The number of rotatable bonds is 6. The summed E-state index contributed by atoms with van der Waals surface area (Å²) < 4.78 is 14.3. The summed E-state index contributed by atoms with van der Waals surface area (Å²) in [5, 5.41) is 0. The van der Waals surface area contributed by atoms with E-state index in [0.717, 1.165) is 0 Å². The highest BCUT2D eigenvalue weighted by Gasteiger charge is 2.37. The van der Waals surface area contributed by atoms with E-state index in [2.05, 4.69) is 0 Å². The molecule has 0 rings (SSSR count). The summed E-state index contributed by atoms with van der Waals surface area (Å²) in [7, 11) is 0. The van der Waals surface area contributed by atoms with Crippen LogP contribution in [0.1, 0.15) is 27.7 Å². The zero-order valence-electron chi connectivity index (χ0n) is 10.5. The Kier molecular flexibility index (Phi) is 6.93. The van der Waals surface area contributed by atoms with Gasteiger partial charge in [0.2, 0.25) is 0 Å². The molecule has 0 saturated heterocycles. The third-order valence-electron chi connectivity index (χ3n) is 1.90. The maximum atomic E-state index is 11.6. The van der Waals surface area contributed by atoms with Gasteiger partial charge in [0.15, 0.2) is 5.92 Å². The Balaban J connectivity index is 4.76. The molecule has 0 heterocycles. The van der Waals surface area contributed by atoms with E-state index in [-0.39, 0.29) is 13.2 Å². The molecule has 6 nitrogen and oxygen atoms in total. The van der Waals surface area contributed by atoms with Gasteiger partial charge in [-0.05, 0) is 20.8 Å². The third-order valence-corrected chi connectivity index (χ3v) is 1.90. The predicted molar refractivity (Wildman–Crippen MR) is 58.0 cm³/mol. The minimum atomic E-state index is -1.24. The monoisotopic (exact) mass is 246 g/mol. The number of carbonyl (C=O) groups is 3. The molecule has 0 fully saturated rings. The Morgan fingerprint density at radius 3 is 1.71 bits per heavy atom. The second-order valence-corrected chi connectivity index (χ2v) is 3.30. The summed E-state index contributed by atoms with van der Waals surface area (Å²) in [4.78, 5) is 33.9. The molecule has 0 aliphatic heterocycles. The molecule has 1 atom stereocenters. The highest BCUT2D eigenvalue weighted by Crippen LogP contribution is 2.13. The van der Waals surface area contributed by atoms with Crippen LogP contribution in [-0.2, 0) is 28.6 Å². The molecule has 17 heavy (non-hydrogen) atoms. The quantitative estimate of drug-likeness (QED) is 0.389. The normalized spacial score (nSPS) is 11.8. The fourth-order valence-corrected chi connectivity index (χ4v) is 1.27. The maximum Gasteiger partial charge on any atom is 0.324 e. The van der Waals surface area contributed by atoms with Crippen LogP contribution in [0.15, 0.2) is 0 Å². The molecular weight excluding hydrogens is 228 g/mol. The lowest BCUT2D eigenvalue weighted by atomic mass is 10.0. The first-order valence-electron chi connectivity index (χ1n) is 5.44. The van der Waals surface area contributed by atoms with Gasteiger partial charge in [-0.2, -0.15) is 0 Å². The van der Waals surface area contributed by atoms with Crippen LogP contribution in [0.25, 0.3) is 0 Å². The molecule has 0 N–H and O–H groups in total. The smallest absolute Gasteiger partial charge is 0.324 e. The number of hydrogen-bond donors (Lipinski definition) is 0. The van der Waals surface area contributed by atoms with E-state index < -0.39 is 29.9 Å². The topological polar surface area (TPSA) is 78.9 Å². The van der Waals surface area contributed by atoms with Crippen LogP contribution in [0.4, 0.5) is 0 Å². The standard InChI is InChI=1S/C11H18O6/c1-5-15-10(13)9(11(14)16-6-2)7(3)17-8(4)12/h7,9H,5-6H2,1-4H3. The van der Waals surface area contributed by atoms with Gasteiger partial charge in [0.05, 0.1) is 13.2 Å². The van der Waals surface area contributed by atoms with Crippen LogP contribution in [0.3, 0.4) is 0 Å². The fraction of sp³-hybridized carbons (Fsp3) is 0.727. The molecule has 0 aliphatic carbocycles. The summed E-state index contributed by atoms with van der Waals surface area (Å²) in [6.07, 6.45) is -0.911. The van der Waals surface area contributed by atoms with E-state index in [1.807, 2.05) is 0 Å². The Morgan fingerprint density at radius 1 is 1.00 bits per heavy atom. The average Bonchev–Trinajstić information content (AvgIpc) is 2.17. The molecule has 0 amide bonds. The molecule has 0 aromatic carbocycles. The van der Waals surface area contributed by atoms with Crippen LogP contribution in [-0.4, -0.2) is 37.2 Å². The van der Waals surface area contributed by atoms with Crippen molar-refractivity contribution in [1.29, 1.82) is 0 Å². The summed E-state index contributed by atoms with van der Waals surface area (Å²) in [6, 6.07) is 0. The molecule has 0 bridgehead atoms. The predicted octanol–water partition coefficient (Wildman–Crippen LogP) is 0.680. The van der Waals surface area contributed by atoms with Crippen molar-refractivity contribution in [1.82, 2.24) is 0 Å². The van der Waals surface area contributed by atoms with Gasteiger partial charge >= 0.3 is 17.9 Å². The lowest BCUT2D eigenvalue weighted by Crippen LogP contribution is -2.38. The molecule has 0 aliphatic rings. The summed E-state index contributed by atoms with van der Waals surface area (Å²) in [5.74, 6) is -3.31. The van der Waals surface area contributed by atoms with Crippen molar-refractivity contribution in [3.63, 3.8) is 0 Å². The van der Waals surface area contributed by atoms with Gasteiger partial charge in [-0.15, -0.1) is 0 Å². The van der Waals surface area contributed by atoms with E-state index in [1.54, 1.807) is 13.8 Å². The highest BCUT2D eigenvalue weighted by molar-refractivity contribution is 5.95. The maximum absolute atomic E-state index is 11.6. The summed E-state index contributed by atoms with van der Waals surface area (Å²) in [5.41, 5.74) is 0. The van der Waals surface area contributed by atoms with E-state index in [0.29, 0.717) is 0 Å². The van der Waals surface area contributed by atoms with Crippen LogP contribution in [0.2, 0.25) is 0 Å². The molecule has 1 unspecified atom stereocenters. The Morgan fingerprint density at radius 2 is 1.41 bits per heavy atom. The zero-order valence-corrected chi connectivity index (χ0v) is 10.5. The molecule has 0 aromatic rings. The molecule has 6 heteroatoms. The van der Waals surface area contributed by atoms with Crippen molar-refractivity contribution in [3.05, 3.63) is 0 Å². The van der Waals surface area contributed by atoms with E-state index in [9.17, 15) is 14.4 Å². The van der Waals surface area contributed by atoms with Gasteiger partial charge in [0, 0.05) is 6.92 Å². The van der Waals surface area contributed by atoms with Gasteiger partial charge < -0.3 is 14.2 Å². The first-order chi connectivity index (χ1) is 7.93. The van der Waals surface area contributed by atoms with Gasteiger partial charge in [-0.25, -0.2) is 0 Å². The van der Waals surface area contributed by atoms with Crippen molar-refractivity contribution in [2.24, 2.45) is 5.92 Å². The molecule has 0 radical (unpaired) electrons. The van der Waals surface area contributed by atoms with Crippen molar-refractivity contribution >= 4 is 17.9 Å². The molecule has 0 aromatic heterocycles. The number of carbonyl (C=O) groups excluding carboxylic acids is 3. The second kappa shape index (κ2) is 7.65. The molecule has 0 spiro atoms. The minimum absolute atomic E-state index is 0.140. The van der Waals surface area contributed by atoms with Crippen LogP contribution >= 0.6 is 0 Å². The van der Waals surface area contributed by atoms with Crippen LogP contribution in [0, 0.1) is 5.92 Å². The van der Waals surface area contributed by atoms with Gasteiger partial charge in [0.25, 0.3) is 0 Å². The molecular formula is C11H18O6. The second-order valence-electron chi connectivity index (χ2n) is 3.30. The lowest BCUT2D eigenvalue weighted by Gasteiger charge is -2.20. The summed E-state index contributed by atoms with van der Waals surface area (Å²) in [6.45, 7) is 6.17. The number of esters is 3. The number of hydrogen-bond acceptors (Lipinski definition) is 6. The van der Waals surface area contributed by atoms with Gasteiger partial charge in [-0.1, -0.05) is 0 Å².